The Hall–Kier alpha value is -1.47. The second-order valence-corrected chi connectivity index (χ2v) is 11.5. The highest BCUT2D eigenvalue weighted by Crippen LogP contribution is 2.52. The lowest BCUT2D eigenvalue weighted by Gasteiger charge is -2.32. The molecule has 190 valence electrons. The molecule has 2 aliphatic carbocycles. The van der Waals surface area contributed by atoms with E-state index >= 15 is 0 Å². The van der Waals surface area contributed by atoms with E-state index in [4.69, 9.17) is 60.3 Å². The van der Waals surface area contributed by atoms with Gasteiger partial charge in [-0.1, -0.05) is 60.5 Å². The summed E-state index contributed by atoms with van der Waals surface area (Å²) in [5.41, 5.74) is 0.733. The average Bonchev–Trinajstić information content (AvgIpc) is 3.30. The second kappa shape index (κ2) is 10.5. The maximum Gasteiger partial charge on any atom is 0.316 e. The van der Waals surface area contributed by atoms with Crippen LogP contribution in [0, 0.1) is 0 Å². The fourth-order valence-electron chi connectivity index (χ4n) is 5.44. The van der Waals surface area contributed by atoms with Crippen LogP contribution in [0.2, 0.25) is 15.3 Å². The maximum atomic E-state index is 12.7. The molecule has 5 rings (SSSR count). The van der Waals surface area contributed by atoms with E-state index in [1.54, 1.807) is 18.2 Å². The van der Waals surface area contributed by atoms with Crippen LogP contribution < -0.4 is 20.1 Å². The van der Waals surface area contributed by atoms with Crippen molar-refractivity contribution in [2.24, 2.45) is 0 Å². The third-order valence-electron chi connectivity index (χ3n) is 7.08. The zero-order chi connectivity index (χ0) is 24.6. The molecule has 2 aromatic rings. The number of amides is 2. The van der Waals surface area contributed by atoms with Crippen LogP contribution in [-0.2, 0) is 5.00 Å². The summed E-state index contributed by atoms with van der Waals surface area (Å²) in [5, 5.41) is 7.09. The Labute approximate surface area is 224 Å². The third-order valence-corrected chi connectivity index (χ3v) is 8.17. The number of hydrogen-bond donors (Lipinski definition) is 2. The average molecular weight is 562 g/mol. The number of ether oxygens (including phenoxy) is 2. The zero-order valence-electron chi connectivity index (χ0n) is 19.2. The first-order valence-corrected chi connectivity index (χ1v) is 13.7. The second-order valence-electron chi connectivity index (χ2n) is 9.62. The van der Waals surface area contributed by atoms with Gasteiger partial charge in [-0.3, -0.25) is 0 Å². The van der Waals surface area contributed by atoms with Crippen LogP contribution in [-0.4, -0.2) is 24.8 Å². The fraction of sp³-hybridized carbons (Fsp3) is 0.560. The molecule has 0 saturated heterocycles. The lowest BCUT2D eigenvalue weighted by Crippen LogP contribution is -2.50. The van der Waals surface area contributed by atoms with Gasteiger partial charge in [-0.2, -0.15) is 0 Å². The molecule has 2 saturated carbocycles. The molecule has 0 spiro atoms. The van der Waals surface area contributed by atoms with Gasteiger partial charge in [0.25, 0.3) is 0 Å². The molecular weight excluding hydrogens is 534 g/mol. The van der Waals surface area contributed by atoms with E-state index < -0.39 is 5.00 Å². The molecule has 1 aliphatic heterocycles. The molecule has 10 heteroatoms. The van der Waals surface area contributed by atoms with Gasteiger partial charge in [0.1, 0.15) is 18.5 Å². The topological polar surface area (TPSA) is 72.7 Å². The number of rotatable bonds is 5. The minimum atomic E-state index is -1.33. The molecule has 1 aromatic heterocycles. The van der Waals surface area contributed by atoms with Crippen LogP contribution in [0.3, 0.4) is 0 Å². The number of alkyl halides is 1. The van der Waals surface area contributed by atoms with Gasteiger partial charge in [-0.05, 0) is 61.9 Å². The predicted octanol–water partition coefficient (Wildman–Crippen LogP) is 7.76. The summed E-state index contributed by atoms with van der Waals surface area (Å²) in [4.78, 5) is 11.4. The number of carbonyl (C=O) groups excluding carboxylic acids is 1. The summed E-state index contributed by atoms with van der Waals surface area (Å²) in [6.45, 7) is 0.0487. The highest BCUT2D eigenvalue weighted by atomic mass is 35.5. The Bertz CT molecular complexity index is 1070. The highest BCUT2D eigenvalue weighted by molar-refractivity contribution is 6.34. The SMILES string of the molecule is O=C(NC1CCCCC1)N[C@]1(Cl)COc2c1oc(Cl)c2C1CCCC[C@@H]1Oc1cc(Cl)cc(Cl)c1. The first-order valence-electron chi connectivity index (χ1n) is 12.2. The minimum absolute atomic E-state index is 0.0487. The number of carbonyl (C=O) groups is 1. The van der Waals surface area contributed by atoms with Crippen molar-refractivity contribution in [3.05, 3.63) is 44.8 Å². The van der Waals surface area contributed by atoms with Crippen molar-refractivity contribution in [2.45, 2.75) is 80.8 Å². The van der Waals surface area contributed by atoms with E-state index in [2.05, 4.69) is 10.6 Å². The van der Waals surface area contributed by atoms with Crippen LogP contribution in [0.25, 0.3) is 0 Å². The lowest BCUT2D eigenvalue weighted by atomic mass is 9.82. The molecule has 0 radical (unpaired) electrons. The summed E-state index contributed by atoms with van der Waals surface area (Å²) in [7, 11) is 0. The smallest absolute Gasteiger partial charge is 0.316 e. The van der Waals surface area contributed by atoms with Crippen LogP contribution in [0.4, 0.5) is 4.79 Å². The molecule has 2 amide bonds. The summed E-state index contributed by atoms with van der Waals surface area (Å²) < 4.78 is 18.3. The van der Waals surface area contributed by atoms with Gasteiger partial charge in [-0.15, -0.1) is 0 Å². The molecule has 3 atom stereocenters. The quantitative estimate of drug-likeness (QED) is 0.289. The Morgan fingerprint density at radius 2 is 1.66 bits per heavy atom. The van der Waals surface area contributed by atoms with Crippen molar-refractivity contribution in [3.8, 4) is 11.5 Å². The number of furan rings is 1. The molecule has 1 unspecified atom stereocenters. The molecule has 2 heterocycles. The molecule has 6 nitrogen and oxygen atoms in total. The Kier molecular flexibility index (Phi) is 7.55. The van der Waals surface area contributed by atoms with Crippen LogP contribution >= 0.6 is 46.4 Å². The van der Waals surface area contributed by atoms with Crippen molar-refractivity contribution >= 4 is 52.4 Å². The fourth-order valence-corrected chi connectivity index (χ4v) is 6.51. The van der Waals surface area contributed by atoms with E-state index in [0.29, 0.717) is 27.3 Å². The van der Waals surface area contributed by atoms with Crippen molar-refractivity contribution in [1.29, 1.82) is 0 Å². The van der Waals surface area contributed by atoms with E-state index in [-0.39, 0.29) is 35.9 Å². The monoisotopic (exact) mass is 560 g/mol. The summed E-state index contributed by atoms with van der Waals surface area (Å²) >= 11 is 25.8. The van der Waals surface area contributed by atoms with Gasteiger partial charge in [-0.25, -0.2) is 4.79 Å². The number of urea groups is 1. The number of benzene rings is 1. The summed E-state index contributed by atoms with van der Waals surface area (Å²) in [5.74, 6) is 1.35. The lowest BCUT2D eigenvalue weighted by molar-refractivity contribution is 0.128. The van der Waals surface area contributed by atoms with E-state index in [0.717, 1.165) is 56.9 Å². The normalized spacial score (nSPS) is 26.6. The molecular formula is C25H28Cl4N2O4. The minimum Gasteiger partial charge on any atom is -0.490 e. The number of halogens is 4. The van der Waals surface area contributed by atoms with E-state index in [1.807, 2.05) is 0 Å². The number of nitrogens with one attached hydrogen (secondary N) is 2. The summed E-state index contributed by atoms with van der Waals surface area (Å²) in [6.07, 6.45) is 8.94. The Balaban J connectivity index is 1.35. The maximum absolute atomic E-state index is 12.7. The van der Waals surface area contributed by atoms with Crippen molar-refractivity contribution in [1.82, 2.24) is 10.6 Å². The van der Waals surface area contributed by atoms with E-state index in [1.165, 1.54) is 6.42 Å². The van der Waals surface area contributed by atoms with Crippen LogP contribution in [0.15, 0.2) is 22.6 Å². The summed E-state index contributed by atoms with van der Waals surface area (Å²) in [6, 6.07) is 4.97. The predicted molar refractivity (Wildman–Crippen MR) is 137 cm³/mol. The van der Waals surface area contributed by atoms with Crippen LogP contribution in [0.1, 0.15) is 75.0 Å². The largest absolute Gasteiger partial charge is 0.490 e. The first-order chi connectivity index (χ1) is 16.8. The molecule has 0 bridgehead atoms. The molecule has 3 aliphatic rings. The number of hydrogen-bond acceptors (Lipinski definition) is 4. The molecule has 2 N–H and O–H groups in total. The van der Waals surface area contributed by atoms with Crippen LogP contribution in [0.5, 0.6) is 11.5 Å². The Morgan fingerprint density at radius 1 is 0.971 bits per heavy atom. The zero-order valence-corrected chi connectivity index (χ0v) is 22.2. The van der Waals surface area contributed by atoms with Crippen molar-refractivity contribution < 1.29 is 18.7 Å². The van der Waals surface area contributed by atoms with Gasteiger partial charge in [0, 0.05) is 22.0 Å². The molecule has 35 heavy (non-hydrogen) atoms. The third kappa shape index (κ3) is 5.46. The van der Waals surface area contributed by atoms with Gasteiger partial charge < -0.3 is 24.5 Å². The van der Waals surface area contributed by atoms with Crippen molar-refractivity contribution in [2.75, 3.05) is 6.61 Å². The van der Waals surface area contributed by atoms with Gasteiger partial charge in [0.15, 0.2) is 11.5 Å². The highest BCUT2D eigenvalue weighted by Gasteiger charge is 2.49. The standard InChI is InChI=1S/C25H28Cl4N2O4/c26-14-10-15(27)12-17(11-14)34-19-9-5-4-8-18(19)20-21-22(35-23(20)28)25(29,13-33-21)31-24(32)30-16-6-2-1-3-7-16/h10-12,16,18-19H,1-9,13H2,(H2,30,31,32)/t18?,19-,25+/m0/s1. The number of fused-ring (bicyclic) bond motifs is 1. The van der Waals surface area contributed by atoms with Gasteiger partial charge in [0.2, 0.25) is 10.2 Å². The van der Waals surface area contributed by atoms with Crippen molar-refractivity contribution in [3.63, 3.8) is 0 Å². The first kappa shape index (κ1) is 25.2. The molecule has 2 fully saturated rings. The molecule has 1 aromatic carbocycles. The van der Waals surface area contributed by atoms with Gasteiger partial charge in [0.05, 0.1) is 5.56 Å². The van der Waals surface area contributed by atoms with Gasteiger partial charge >= 0.3 is 6.03 Å². The Morgan fingerprint density at radius 3 is 2.40 bits per heavy atom. The van der Waals surface area contributed by atoms with E-state index in [9.17, 15) is 4.79 Å².